The fourth-order valence-electron chi connectivity index (χ4n) is 1.67. The topological polar surface area (TPSA) is 29.4 Å². The zero-order valence-corrected chi connectivity index (χ0v) is 8.07. The van der Waals surface area contributed by atoms with Gasteiger partial charge < -0.3 is 0 Å². The van der Waals surface area contributed by atoms with Crippen molar-refractivity contribution in [2.24, 2.45) is 4.99 Å². The molecule has 1 aromatic carbocycles. The lowest BCUT2D eigenvalue weighted by molar-refractivity contribution is -0.118. The highest BCUT2D eigenvalue weighted by Crippen LogP contribution is 2.17. The Hall–Kier alpha value is -1.44. The number of carbonyl (C=O) groups is 1. The minimum Gasteiger partial charge on any atom is -0.299 e. The standard InChI is InChI=1S/C12H13NO/c14-12-8-4-7-11(9-12)13-10-5-2-1-3-6-10/h1-3,5-6H,4,7-9H2. The summed E-state index contributed by atoms with van der Waals surface area (Å²) in [6.07, 6.45) is 3.22. The molecule has 0 amide bonds. The average Bonchev–Trinajstić information content (AvgIpc) is 2.19. The Bertz CT molecular complexity index is 354. The fraction of sp³-hybridized carbons (Fsp3) is 0.333. The minimum absolute atomic E-state index is 0.325. The second-order valence-electron chi connectivity index (χ2n) is 3.58. The highest BCUT2D eigenvalue weighted by Gasteiger charge is 2.13. The molecule has 1 aliphatic rings. The van der Waals surface area contributed by atoms with Gasteiger partial charge in [-0.3, -0.25) is 9.79 Å². The molecule has 1 fully saturated rings. The van der Waals surface area contributed by atoms with Crippen molar-refractivity contribution in [2.45, 2.75) is 25.7 Å². The molecular weight excluding hydrogens is 174 g/mol. The third kappa shape index (κ3) is 2.28. The van der Waals surface area contributed by atoms with Crippen molar-refractivity contribution >= 4 is 17.2 Å². The van der Waals surface area contributed by atoms with Gasteiger partial charge >= 0.3 is 0 Å². The maximum Gasteiger partial charge on any atom is 0.138 e. The predicted molar refractivity (Wildman–Crippen MR) is 57.0 cm³/mol. The Morgan fingerprint density at radius 3 is 2.57 bits per heavy atom. The molecule has 0 radical (unpaired) electrons. The van der Waals surface area contributed by atoms with Crippen LogP contribution in [0.3, 0.4) is 0 Å². The van der Waals surface area contributed by atoms with Crippen LogP contribution in [0.15, 0.2) is 35.3 Å². The fourth-order valence-corrected chi connectivity index (χ4v) is 1.67. The van der Waals surface area contributed by atoms with Crippen LogP contribution in [0.4, 0.5) is 5.69 Å². The Morgan fingerprint density at radius 2 is 1.86 bits per heavy atom. The Labute approximate surface area is 83.7 Å². The molecule has 14 heavy (non-hydrogen) atoms. The molecule has 0 heterocycles. The van der Waals surface area contributed by atoms with E-state index in [4.69, 9.17) is 0 Å². The monoisotopic (exact) mass is 187 g/mol. The molecular formula is C12H13NO. The molecule has 0 spiro atoms. The summed E-state index contributed by atoms with van der Waals surface area (Å²) in [5.74, 6) is 0.325. The van der Waals surface area contributed by atoms with E-state index in [1.807, 2.05) is 30.3 Å². The van der Waals surface area contributed by atoms with Crippen LogP contribution in [0.1, 0.15) is 25.7 Å². The lowest BCUT2D eigenvalue weighted by Gasteiger charge is -2.11. The van der Waals surface area contributed by atoms with E-state index in [1.165, 1.54) is 0 Å². The van der Waals surface area contributed by atoms with Gasteiger partial charge in [0, 0.05) is 18.6 Å². The first kappa shape index (κ1) is 9.13. The number of nitrogens with zero attached hydrogens (tertiary/aromatic N) is 1. The van der Waals surface area contributed by atoms with Gasteiger partial charge in [0.05, 0.1) is 5.69 Å². The maximum atomic E-state index is 11.2. The number of para-hydroxylation sites is 1. The lowest BCUT2D eigenvalue weighted by Crippen LogP contribution is -2.13. The van der Waals surface area contributed by atoms with Crippen LogP contribution >= 0.6 is 0 Å². The van der Waals surface area contributed by atoms with Crippen molar-refractivity contribution < 1.29 is 4.79 Å². The molecule has 0 N–H and O–H groups in total. The summed E-state index contributed by atoms with van der Waals surface area (Å²) in [6, 6.07) is 9.82. The van der Waals surface area contributed by atoms with Gasteiger partial charge in [0.2, 0.25) is 0 Å². The normalized spacial score (nSPS) is 20.0. The summed E-state index contributed by atoms with van der Waals surface area (Å²) in [7, 11) is 0. The molecule has 2 rings (SSSR count). The van der Waals surface area contributed by atoms with Gasteiger partial charge in [-0.25, -0.2) is 0 Å². The van der Waals surface area contributed by atoms with Crippen molar-refractivity contribution in [1.29, 1.82) is 0 Å². The molecule has 0 unspecified atom stereocenters. The number of hydrogen-bond acceptors (Lipinski definition) is 2. The molecule has 0 aliphatic heterocycles. The highest BCUT2D eigenvalue weighted by atomic mass is 16.1. The molecule has 72 valence electrons. The van der Waals surface area contributed by atoms with E-state index in [2.05, 4.69) is 4.99 Å². The summed E-state index contributed by atoms with van der Waals surface area (Å²) >= 11 is 0. The van der Waals surface area contributed by atoms with Gasteiger partial charge in [-0.15, -0.1) is 0 Å². The van der Waals surface area contributed by atoms with E-state index in [0.29, 0.717) is 12.2 Å². The number of rotatable bonds is 1. The van der Waals surface area contributed by atoms with Crippen molar-refractivity contribution in [3.63, 3.8) is 0 Å². The lowest BCUT2D eigenvalue weighted by atomic mass is 9.97. The predicted octanol–water partition coefficient (Wildman–Crippen LogP) is 2.90. The van der Waals surface area contributed by atoms with E-state index >= 15 is 0 Å². The van der Waals surface area contributed by atoms with Gasteiger partial charge in [0.1, 0.15) is 5.78 Å². The number of benzene rings is 1. The Morgan fingerprint density at radius 1 is 1.07 bits per heavy atom. The van der Waals surface area contributed by atoms with Crippen LogP contribution in [0.2, 0.25) is 0 Å². The summed E-state index contributed by atoms with van der Waals surface area (Å²) < 4.78 is 0. The zero-order chi connectivity index (χ0) is 9.80. The molecule has 0 saturated heterocycles. The van der Waals surface area contributed by atoms with Crippen LogP contribution in [0.5, 0.6) is 0 Å². The third-order valence-corrected chi connectivity index (χ3v) is 2.37. The highest BCUT2D eigenvalue weighted by molar-refractivity contribution is 6.04. The van der Waals surface area contributed by atoms with Crippen LogP contribution < -0.4 is 0 Å². The number of hydrogen-bond donors (Lipinski definition) is 0. The summed E-state index contributed by atoms with van der Waals surface area (Å²) in [4.78, 5) is 15.6. The molecule has 2 heteroatoms. The molecule has 1 saturated carbocycles. The first-order valence-corrected chi connectivity index (χ1v) is 4.98. The summed E-state index contributed by atoms with van der Waals surface area (Å²) in [5.41, 5.74) is 1.99. The third-order valence-electron chi connectivity index (χ3n) is 2.37. The van der Waals surface area contributed by atoms with Crippen molar-refractivity contribution in [1.82, 2.24) is 0 Å². The van der Waals surface area contributed by atoms with Gasteiger partial charge in [0.15, 0.2) is 0 Å². The summed E-state index contributed by atoms with van der Waals surface area (Å²) in [5, 5.41) is 0. The molecule has 0 atom stereocenters. The van der Waals surface area contributed by atoms with Crippen LogP contribution in [-0.4, -0.2) is 11.5 Å². The number of ketones is 1. The Kier molecular flexibility index (Phi) is 2.73. The van der Waals surface area contributed by atoms with Gasteiger partial charge in [-0.1, -0.05) is 18.2 Å². The minimum atomic E-state index is 0.325. The first-order valence-electron chi connectivity index (χ1n) is 4.98. The molecule has 0 bridgehead atoms. The van der Waals surface area contributed by atoms with Crippen LogP contribution in [0.25, 0.3) is 0 Å². The summed E-state index contributed by atoms with van der Waals surface area (Å²) in [6.45, 7) is 0. The van der Waals surface area contributed by atoms with E-state index in [-0.39, 0.29) is 0 Å². The second-order valence-corrected chi connectivity index (χ2v) is 3.58. The van der Waals surface area contributed by atoms with Crippen molar-refractivity contribution in [3.05, 3.63) is 30.3 Å². The van der Waals surface area contributed by atoms with E-state index in [9.17, 15) is 4.79 Å². The number of aliphatic imine (C=N–C) groups is 1. The van der Waals surface area contributed by atoms with Gasteiger partial charge in [-0.2, -0.15) is 0 Å². The number of Topliss-reactive ketones (excluding diaryl/α,β-unsaturated/α-hetero) is 1. The SMILES string of the molecule is O=C1CCCC(=Nc2ccccc2)C1. The zero-order valence-electron chi connectivity index (χ0n) is 8.07. The van der Waals surface area contributed by atoms with E-state index in [0.717, 1.165) is 30.7 Å². The molecule has 1 aromatic rings. The van der Waals surface area contributed by atoms with Crippen molar-refractivity contribution in [2.75, 3.05) is 0 Å². The van der Waals surface area contributed by atoms with Gasteiger partial charge in [-0.05, 0) is 25.0 Å². The Balaban J connectivity index is 2.14. The smallest absolute Gasteiger partial charge is 0.138 e. The molecule has 1 aliphatic carbocycles. The molecule has 2 nitrogen and oxygen atoms in total. The second kappa shape index (κ2) is 4.18. The van der Waals surface area contributed by atoms with E-state index in [1.54, 1.807) is 0 Å². The van der Waals surface area contributed by atoms with Crippen LogP contribution in [-0.2, 0) is 4.79 Å². The van der Waals surface area contributed by atoms with Crippen LogP contribution in [0, 0.1) is 0 Å². The van der Waals surface area contributed by atoms with E-state index < -0.39 is 0 Å². The van der Waals surface area contributed by atoms with Crippen molar-refractivity contribution in [3.8, 4) is 0 Å². The van der Waals surface area contributed by atoms with Gasteiger partial charge in [0.25, 0.3) is 0 Å². The molecule has 0 aromatic heterocycles. The maximum absolute atomic E-state index is 11.2. The quantitative estimate of drug-likeness (QED) is 0.664. The average molecular weight is 187 g/mol. The number of carbonyl (C=O) groups excluding carboxylic acids is 1. The largest absolute Gasteiger partial charge is 0.299 e. The first-order chi connectivity index (χ1) is 6.84.